The van der Waals surface area contributed by atoms with Gasteiger partial charge >= 0.3 is 5.97 Å². The Morgan fingerprint density at radius 1 is 1.16 bits per heavy atom. The number of aliphatic hydroxyl groups excluding tert-OH is 1. The first-order chi connectivity index (χ1) is 14.8. The lowest BCUT2D eigenvalue weighted by molar-refractivity contribution is -0.156. The number of hydrogen-bond acceptors (Lipinski definition) is 5. The van der Waals surface area contributed by atoms with Crippen LogP contribution in [0.4, 0.5) is 0 Å². The van der Waals surface area contributed by atoms with Crippen molar-refractivity contribution in [1.29, 1.82) is 0 Å². The van der Waals surface area contributed by atoms with E-state index < -0.39 is 21.4 Å². The van der Waals surface area contributed by atoms with Crippen LogP contribution in [-0.2, 0) is 19.4 Å². The van der Waals surface area contributed by atoms with Gasteiger partial charge in [-0.15, -0.1) is 0 Å². The number of sulfone groups is 1. The largest absolute Gasteiger partial charge is 0.458 e. The van der Waals surface area contributed by atoms with Gasteiger partial charge in [0.2, 0.25) is 0 Å². The molecule has 1 N–H and O–H groups in total. The van der Waals surface area contributed by atoms with Crippen molar-refractivity contribution in [3.8, 4) is 0 Å². The van der Waals surface area contributed by atoms with E-state index in [4.69, 9.17) is 9.84 Å². The van der Waals surface area contributed by atoms with E-state index in [2.05, 4.69) is 13.0 Å². The third-order valence-electron chi connectivity index (χ3n) is 4.85. The van der Waals surface area contributed by atoms with Crippen LogP contribution < -0.4 is 0 Å². The molecule has 1 rings (SSSR count). The summed E-state index contributed by atoms with van der Waals surface area (Å²) >= 11 is 0. The molecule has 0 amide bonds. The molecule has 0 saturated carbocycles. The summed E-state index contributed by atoms with van der Waals surface area (Å²) in [6, 6.07) is 8.30. The van der Waals surface area contributed by atoms with E-state index in [1.54, 1.807) is 63.3 Å². The smallest absolute Gasteiger partial charge is 0.311 e. The minimum absolute atomic E-state index is 0.0356. The average Bonchev–Trinajstić information content (AvgIpc) is 2.69. The van der Waals surface area contributed by atoms with Crippen molar-refractivity contribution in [1.82, 2.24) is 0 Å². The van der Waals surface area contributed by atoms with Crippen LogP contribution in [-0.4, -0.2) is 38.0 Å². The number of carbonyl (C=O) groups excluding carboxylic acids is 1. The van der Waals surface area contributed by atoms with Crippen molar-refractivity contribution in [2.45, 2.75) is 65.4 Å². The first kappa shape index (κ1) is 27.9. The Morgan fingerprint density at radius 3 is 2.34 bits per heavy atom. The number of esters is 1. The number of ether oxygens (including phenoxy) is 1. The van der Waals surface area contributed by atoms with Crippen LogP contribution in [0.5, 0.6) is 0 Å². The normalized spacial score (nSPS) is 15.6. The predicted octanol–water partition coefficient (Wildman–Crippen LogP) is 5.28. The maximum Gasteiger partial charge on any atom is 0.311 e. The molecule has 2 atom stereocenters. The summed E-state index contributed by atoms with van der Waals surface area (Å²) in [5.74, 6) is -0.214. The van der Waals surface area contributed by atoms with Crippen LogP contribution in [0, 0.1) is 11.3 Å². The molecule has 0 radical (unpaired) electrons. The molecule has 0 unspecified atom stereocenters. The van der Waals surface area contributed by atoms with Gasteiger partial charge in [-0.3, -0.25) is 4.79 Å². The highest BCUT2D eigenvalue weighted by molar-refractivity contribution is 7.91. The summed E-state index contributed by atoms with van der Waals surface area (Å²) in [5, 5.41) is 9.00. The number of aliphatic hydroxyl groups is 1. The molecule has 0 aliphatic heterocycles. The van der Waals surface area contributed by atoms with E-state index in [0.717, 1.165) is 17.6 Å². The molecule has 178 valence electrons. The molecule has 0 heterocycles. The fraction of sp³-hybridized carbons (Fsp3) is 0.500. The van der Waals surface area contributed by atoms with Gasteiger partial charge in [-0.1, -0.05) is 54.5 Å². The maximum absolute atomic E-state index is 12.7. The minimum Gasteiger partial charge on any atom is -0.458 e. The zero-order chi connectivity index (χ0) is 24.4. The van der Waals surface area contributed by atoms with Crippen molar-refractivity contribution in [2.75, 3.05) is 12.4 Å². The SMILES string of the molecule is CC(=C/[C@@H](C)C/C(C)=C/CO)/C=C/[C@H](CCS(=O)(=O)c1ccccc1)OC(=O)C(C)(C)C. The highest BCUT2D eigenvalue weighted by Crippen LogP contribution is 2.20. The molecule has 0 spiro atoms. The first-order valence-corrected chi connectivity index (χ1v) is 12.6. The molecular weight excluding hydrogens is 424 g/mol. The molecular formula is C26H38O5S. The van der Waals surface area contributed by atoms with Gasteiger partial charge in [0.05, 0.1) is 22.7 Å². The molecule has 0 aliphatic carbocycles. The molecule has 0 fully saturated rings. The van der Waals surface area contributed by atoms with Crippen molar-refractivity contribution in [2.24, 2.45) is 11.3 Å². The Morgan fingerprint density at radius 2 is 1.78 bits per heavy atom. The van der Waals surface area contributed by atoms with E-state index in [-0.39, 0.29) is 35.6 Å². The standard InChI is InChI=1S/C26H38O5S/c1-20(18-22(3)19-21(2)14-16-27)12-13-23(31-25(28)26(4,5)6)15-17-32(29,30)24-10-8-7-9-11-24/h7-14,18,22-23,27H,15-17,19H2,1-6H3/b13-12+,20-18-,21-14+/t22-,23-/m1/s1. The van der Waals surface area contributed by atoms with E-state index in [1.165, 1.54) is 0 Å². The summed E-state index contributed by atoms with van der Waals surface area (Å²) in [6.45, 7) is 11.4. The molecule has 0 aromatic heterocycles. The maximum atomic E-state index is 12.7. The average molecular weight is 463 g/mol. The quantitative estimate of drug-likeness (QED) is 0.275. The van der Waals surface area contributed by atoms with Gasteiger partial charge in [0.25, 0.3) is 0 Å². The lowest BCUT2D eigenvalue weighted by atomic mass is 9.97. The van der Waals surface area contributed by atoms with E-state index in [9.17, 15) is 13.2 Å². The number of allylic oxidation sites excluding steroid dienone is 4. The minimum atomic E-state index is -3.47. The molecule has 1 aromatic carbocycles. The summed E-state index contributed by atoms with van der Waals surface area (Å²) in [4.78, 5) is 12.7. The second-order valence-electron chi connectivity index (χ2n) is 9.30. The summed E-state index contributed by atoms with van der Waals surface area (Å²) < 4.78 is 31.0. The van der Waals surface area contributed by atoms with Crippen LogP contribution in [0.1, 0.15) is 54.4 Å². The van der Waals surface area contributed by atoms with Gasteiger partial charge in [-0.25, -0.2) is 8.42 Å². The molecule has 0 bridgehead atoms. The Balaban J connectivity index is 2.95. The van der Waals surface area contributed by atoms with E-state index in [0.29, 0.717) is 0 Å². The van der Waals surface area contributed by atoms with Gasteiger partial charge < -0.3 is 9.84 Å². The van der Waals surface area contributed by atoms with Crippen molar-refractivity contribution in [3.05, 3.63) is 65.8 Å². The first-order valence-electron chi connectivity index (χ1n) is 11.0. The van der Waals surface area contributed by atoms with Crippen molar-refractivity contribution < 1.29 is 23.1 Å². The van der Waals surface area contributed by atoms with Gasteiger partial charge in [0, 0.05) is 6.42 Å². The van der Waals surface area contributed by atoms with E-state index >= 15 is 0 Å². The summed E-state index contributed by atoms with van der Waals surface area (Å²) in [5.41, 5.74) is 1.44. The number of carbonyl (C=O) groups is 1. The number of benzene rings is 1. The van der Waals surface area contributed by atoms with Gasteiger partial charge in [-0.05, 0) is 65.2 Å². The summed E-state index contributed by atoms with van der Waals surface area (Å²) in [6.07, 6.45) is 7.91. The Hall–Kier alpha value is -2.18. The van der Waals surface area contributed by atoms with Crippen LogP contribution in [0.15, 0.2) is 70.7 Å². The van der Waals surface area contributed by atoms with Crippen molar-refractivity contribution >= 4 is 15.8 Å². The van der Waals surface area contributed by atoms with Crippen LogP contribution in [0.3, 0.4) is 0 Å². The van der Waals surface area contributed by atoms with Crippen LogP contribution in [0.25, 0.3) is 0 Å². The lowest BCUT2D eigenvalue weighted by Gasteiger charge is -2.21. The van der Waals surface area contributed by atoms with Gasteiger partial charge in [0.15, 0.2) is 9.84 Å². The van der Waals surface area contributed by atoms with Crippen LogP contribution >= 0.6 is 0 Å². The second kappa shape index (κ2) is 12.8. The lowest BCUT2D eigenvalue weighted by Crippen LogP contribution is -2.28. The van der Waals surface area contributed by atoms with Crippen LogP contribution in [0.2, 0.25) is 0 Å². The van der Waals surface area contributed by atoms with Gasteiger partial charge in [-0.2, -0.15) is 0 Å². The summed E-state index contributed by atoms with van der Waals surface area (Å²) in [7, 11) is -3.47. The molecule has 1 aromatic rings. The fourth-order valence-electron chi connectivity index (χ4n) is 3.10. The molecule has 5 nitrogen and oxygen atoms in total. The monoisotopic (exact) mass is 462 g/mol. The third kappa shape index (κ3) is 10.4. The second-order valence-corrected chi connectivity index (χ2v) is 11.4. The molecule has 0 aliphatic rings. The Kier molecular flexibility index (Phi) is 11.1. The topological polar surface area (TPSA) is 80.7 Å². The van der Waals surface area contributed by atoms with Gasteiger partial charge in [0.1, 0.15) is 6.10 Å². The number of rotatable bonds is 11. The Bertz CT molecular complexity index is 919. The number of hydrogen-bond donors (Lipinski definition) is 1. The zero-order valence-corrected chi connectivity index (χ0v) is 21.0. The Labute approximate surface area is 193 Å². The van der Waals surface area contributed by atoms with E-state index in [1.807, 2.05) is 19.9 Å². The highest BCUT2D eigenvalue weighted by atomic mass is 32.2. The zero-order valence-electron chi connectivity index (χ0n) is 20.2. The molecule has 32 heavy (non-hydrogen) atoms. The molecule has 6 heteroatoms. The predicted molar refractivity (Wildman–Crippen MR) is 130 cm³/mol. The highest BCUT2D eigenvalue weighted by Gasteiger charge is 2.26. The van der Waals surface area contributed by atoms with Crippen molar-refractivity contribution in [3.63, 3.8) is 0 Å². The fourth-order valence-corrected chi connectivity index (χ4v) is 4.45. The third-order valence-corrected chi connectivity index (χ3v) is 6.61. The molecule has 0 saturated heterocycles.